The molecule has 1 saturated heterocycles. The van der Waals surface area contributed by atoms with Crippen molar-refractivity contribution in [1.82, 2.24) is 10.2 Å². The predicted molar refractivity (Wildman–Crippen MR) is 154 cm³/mol. The molecule has 1 N–H and O–H groups in total. The van der Waals surface area contributed by atoms with Crippen molar-refractivity contribution in [3.8, 4) is 5.75 Å². The van der Waals surface area contributed by atoms with Gasteiger partial charge in [-0.2, -0.15) is 0 Å². The molecule has 0 aromatic heterocycles. The summed E-state index contributed by atoms with van der Waals surface area (Å²) in [6.45, 7) is 10.3. The number of likely N-dealkylation sites (tertiary alicyclic amines) is 1. The largest absolute Gasteiger partial charge is 0.492 e. The first-order valence-electron chi connectivity index (χ1n) is 15.0. The van der Waals surface area contributed by atoms with Crippen LogP contribution < -0.4 is 10.1 Å². The van der Waals surface area contributed by atoms with E-state index in [9.17, 15) is 4.79 Å². The Kier molecular flexibility index (Phi) is 8.89. The summed E-state index contributed by atoms with van der Waals surface area (Å²) < 4.78 is 12.3. The van der Waals surface area contributed by atoms with Crippen LogP contribution in [-0.4, -0.2) is 56.3 Å². The zero-order chi connectivity index (χ0) is 27.0. The van der Waals surface area contributed by atoms with E-state index >= 15 is 0 Å². The number of nitrogens with one attached hydrogen (secondary N) is 1. The minimum atomic E-state index is 0.0940. The number of hydrogen-bond donors (Lipinski definition) is 1. The zero-order valence-corrected chi connectivity index (χ0v) is 25.2. The Morgan fingerprint density at radius 1 is 1.24 bits per heavy atom. The molecule has 212 valence electrons. The Labute approximate surface area is 239 Å². The van der Waals surface area contributed by atoms with Gasteiger partial charge in [-0.3, -0.25) is 4.79 Å². The van der Waals surface area contributed by atoms with E-state index in [0.29, 0.717) is 59.3 Å². The number of halogens is 2. The fraction of sp³-hybridized carbons (Fsp3) is 0.774. The minimum absolute atomic E-state index is 0.0940. The Hall–Kier alpha value is -1.01. The molecule has 0 unspecified atom stereocenters. The maximum atomic E-state index is 12.7. The molecule has 1 amide bonds. The van der Waals surface area contributed by atoms with Crippen molar-refractivity contribution < 1.29 is 14.3 Å². The van der Waals surface area contributed by atoms with Gasteiger partial charge in [-0.15, -0.1) is 0 Å². The zero-order valence-electron chi connectivity index (χ0n) is 23.7. The van der Waals surface area contributed by atoms with Gasteiger partial charge in [0, 0.05) is 32.7 Å². The van der Waals surface area contributed by atoms with Crippen LogP contribution >= 0.6 is 23.2 Å². The van der Waals surface area contributed by atoms with Gasteiger partial charge in [-0.1, -0.05) is 30.1 Å². The van der Waals surface area contributed by atoms with Crippen molar-refractivity contribution in [2.45, 2.75) is 96.6 Å². The number of aryl methyl sites for hydroxylation is 1. The van der Waals surface area contributed by atoms with Gasteiger partial charge in [0.2, 0.25) is 5.91 Å². The fourth-order valence-corrected chi connectivity index (χ4v) is 9.41. The first-order valence-corrected chi connectivity index (χ1v) is 15.7. The standard InChI is InChI=1S/C31H46Cl2N2O3/c1-5-34-26(36)18-21-17-25(37-4)31(3)12-11-22-23(28(21)31)10-9-20-16-24(29(32)30(33)27(20)22)38-15-7-14-35-13-6-8-19(35)2/h16,19,21-23,25,28H,5-15,17-18H2,1-4H3,(H,34,36)/t19-,21-,22+,23-,25+,28+,31-/m1/s1. The van der Waals surface area contributed by atoms with Crippen molar-refractivity contribution in [2.75, 3.05) is 33.4 Å². The van der Waals surface area contributed by atoms with Crippen molar-refractivity contribution >= 4 is 29.1 Å². The number of rotatable bonds is 9. The van der Waals surface area contributed by atoms with E-state index < -0.39 is 0 Å². The number of benzene rings is 1. The lowest BCUT2D eigenvalue weighted by molar-refractivity contribution is -0.122. The molecule has 1 aliphatic heterocycles. The maximum Gasteiger partial charge on any atom is 0.220 e. The third kappa shape index (κ3) is 5.22. The Bertz CT molecular complexity index is 1020. The van der Waals surface area contributed by atoms with E-state index in [1.165, 1.54) is 30.5 Å². The van der Waals surface area contributed by atoms with Crippen molar-refractivity contribution in [3.05, 3.63) is 27.2 Å². The van der Waals surface area contributed by atoms with Gasteiger partial charge in [-0.05, 0) is 118 Å². The molecule has 5 rings (SSSR count). The lowest BCUT2D eigenvalue weighted by Gasteiger charge is -2.52. The third-order valence-electron chi connectivity index (χ3n) is 10.6. The molecule has 7 atom stereocenters. The second-order valence-electron chi connectivity index (χ2n) is 12.6. The smallest absolute Gasteiger partial charge is 0.220 e. The molecule has 1 aromatic rings. The van der Waals surface area contributed by atoms with E-state index in [2.05, 4.69) is 30.1 Å². The molecule has 7 heteroatoms. The summed E-state index contributed by atoms with van der Waals surface area (Å²) in [5, 5.41) is 4.28. The van der Waals surface area contributed by atoms with Crippen LogP contribution in [0.25, 0.3) is 0 Å². The molecule has 1 aromatic carbocycles. The number of hydrogen-bond acceptors (Lipinski definition) is 4. The quantitative estimate of drug-likeness (QED) is 0.332. The van der Waals surface area contributed by atoms with Crippen LogP contribution in [0.5, 0.6) is 5.75 Å². The molecule has 5 nitrogen and oxygen atoms in total. The van der Waals surface area contributed by atoms with Crippen LogP contribution in [0.2, 0.25) is 10.0 Å². The van der Waals surface area contributed by atoms with Crippen LogP contribution in [-0.2, 0) is 16.0 Å². The Morgan fingerprint density at radius 2 is 2.05 bits per heavy atom. The molecule has 0 bridgehead atoms. The first kappa shape index (κ1) is 28.5. The highest BCUT2D eigenvalue weighted by Crippen LogP contribution is 2.65. The SMILES string of the molecule is CCNC(=O)C[C@H]1C[C@H](OC)[C@@]2(C)CC[C@@H]3c4c(cc(OCCCN5CCC[C@H]5C)c(Cl)c4Cl)CC[C@H]3[C@H]12. The average Bonchev–Trinajstić information content (AvgIpc) is 3.43. The average molecular weight is 566 g/mol. The number of methoxy groups -OCH3 is 1. The fourth-order valence-electron chi connectivity index (χ4n) is 8.84. The van der Waals surface area contributed by atoms with Crippen molar-refractivity contribution in [2.24, 2.45) is 23.2 Å². The van der Waals surface area contributed by atoms with Crippen LogP contribution in [0.3, 0.4) is 0 Å². The summed E-state index contributed by atoms with van der Waals surface area (Å²) in [4.78, 5) is 15.2. The van der Waals surface area contributed by atoms with Crippen LogP contribution in [0.1, 0.15) is 89.2 Å². The highest BCUT2D eigenvalue weighted by Gasteiger charge is 2.59. The topological polar surface area (TPSA) is 50.8 Å². The highest BCUT2D eigenvalue weighted by molar-refractivity contribution is 6.43. The maximum absolute atomic E-state index is 12.7. The molecule has 1 heterocycles. The van der Waals surface area contributed by atoms with Crippen LogP contribution in [0.15, 0.2) is 6.07 Å². The molecule has 4 aliphatic rings. The highest BCUT2D eigenvalue weighted by atomic mass is 35.5. The van der Waals surface area contributed by atoms with E-state index in [-0.39, 0.29) is 17.4 Å². The molecular formula is C31H46Cl2N2O3. The summed E-state index contributed by atoms with van der Waals surface area (Å²) >= 11 is 13.9. The summed E-state index contributed by atoms with van der Waals surface area (Å²) in [5.74, 6) is 2.54. The molecule has 38 heavy (non-hydrogen) atoms. The second-order valence-corrected chi connectivity index (χ2v) is 13.3. The third-order valence-corrected chi connectivity index (χ3v) is 11.4. The minimum Gasteiger partial charge on any atom is -0.492 e. The monoisotopic (exact) mass is 564 g/mol. The molecule has 3 fully saturated rings. The first-order chi connectivity index (χ1) is 18.3. The Morgan fingerprint density at radius 3 is 2.76 bits per heavy atom. The van der Waals surface area contributed by atoms with Crippen molar-refractivity contribution in [3.63, 3.8) is 0 Å². The van der Waals surface area contributed by atoms with Gasteiger partial charge >= 0.3 is 0 Å². The van der Waals surface area contributed by atoms with E-state index in [4.69, 9.17) is 32.7 Å². The summed E-state index contributed by atoms with van der Waals surface area (Å²) in [5.41, 5.74) is 2.64. The van der Waals surface area contributed by atoms with E-state index in [0.717, 1.165) is 50.8 Å². The Balaban J connectivity index is 1.33. The van der Waals surface area contributed by atoms with Gasteiger partial charge in [-0.25, -0.2) is 0 Å². The van der Waals surface area contributed by atoms with Gasteiger partial charge < -0.3 is 19.7 Å². The molecule has 0 radical (unpaired) electrons. The van der Waals surface area contributed by atoms with Crippen LogP contribution in [0.4, 0.5) is 0 Å². The molecule has 2 saturated carbocycles. The summed E-state index contributed by atoms with van der Waals surface area (Å²) in [7, 11) is 1.84. The summed E-state index contributed by atoms with van der Waals surface area (Å²) in [6, 6.07) is 2.85. The number of ether oxygens (including phenoxy) is 2. The normalized spacial score (nSPS) is 34.5. The molecule has 3 aliphatic carbocycles. The van der Waals surface area contributed by atoms with E-state index in [1.807, 2.05) is 14.0 Å². The van der Waals surface area contributed by atoms with E-state index in [1.54, 1.807) is 0 Å². The number of carbonyl (C=O) groups excluding carboxylic acids is 1. The van der Waals surface area contributed by atoms with Gasteiger partial charge in [0.15, 0.2) is 0 Å². The summed E-state index contributed by atoms with van der Waals surface area (Å²) in [6.07, 6.45) is 9.61. The van der Waals surface area contributed by atoms with Gasteiger partial charge in [0.25, 0.3) is 0 Å². The number of fused-ring (bicyclic) bond motifs is 5. The second kappa shape index (κ2) is 11.8. The molecular weight excluding hydrogens is 519 g/mol. The van der Waals surface area contributed by atoms with Crippen molar-refractivity contribution in [1.29, 1.82) is 0 Å². The number of nitrogens with zero attached hydrogens (tertiary/aromatic N) is 1. The van der Waals surface area contributed by atoms with Gasteiger partial charge in [0.1, 0.15) is 10.8 Å². The number of amides is 1. The van der Waals surface area contributed by atoms with Gasteiger partial charge in [0.05, 0.1) is 17.7 Å². The predicted octanol–water partition coefficient (Wildman–Crippen LogP) is 6.87. The molecule has 0 spiro atoms. The van der Waals surface area contributed by atoms with Crippen LogP contribution in [0, 0.1) is 23.2 Å². The number of carbonyl (C=O) groups is 1. The lowest BCUT2D eigenvalue weighted by Crippen LogP contribution is -2.46. The lowest BCUT2D eigenvalue weighted by atomic mass is 9.53.